The number of carbonyl (C=O) groups is 1. The van der Waals surface area contributed by atoms with Gasteiger partial charge in [-0.1, -0.05) is 0 Å². The number of hydrogen-bond donors (Lipinski definition) is 0. The molecule has 1 rings (SSSR count). The molecule has 0 unspecified atom stereocenters. The summed E-state index contributed by atoms with van der Waals surface area (Å²) in [5, 5.41) is 17.3. The third-order valence-corrected chi connectivity index (χ3v) is 2.45. The summed E-state index contributed by atoms with van der Waals surface area (Å²) >= 11 is 0. The second kappa shape index (κ2) is 6.87. The quantitative estimate of drug-likeness (QED) is 0.741. The molecular formula is C13H13N3O3. The van der Waals surface area contributed by atoms with Crippen molar-refractivity contribution in [3.63, 3.8) is 0 Å². The molecule has 0 heterocycles. The molecule has 0 aliphatic carbocycles. The average molecular weight is 259 g/mol. The van der Waals surface area contributed by atoms with E-state index in [0.717, 1.165) is 4.90 Å². The Labute approximate surface area is 111 Å². The number of hydrogen-bond acceptors (Lipinski definition) is 5. The van der Waals surface area contributed by atoms with E-state index in [1.165, 1.54) is 14.2 Å². The number of nitrogens with zero attached hydrogens (tertiary/aromatic N) is 3. The van der Waals surface area contributed by atoms with Crippen LogP contribution in [0.3, 0.4) is 0 Å². The maximum atomic E-state index is 12.2. The van der Waals surface area contributed by atoms with Gasteiger partial charge in [-0.15, -0.1) is 0 Å². The first kappa shape index (κ1) is 14.3. The molecule has 0 aliphatic rings. The van der Waals surface area contributed by atoms with E-state index in [-0.39, 0.29) is 18.7 Å². The van der Waals surface area contributed by atoms with Crippen LogP contribution in [0.5, 0.6) is 11.5 Å². The second-order valence-electron chi connectivity index (χ2n) is 3.54. The van der Waals surface area contributed by atoms with Crippen LogP contribution in [-0.4, -0.2) is 38.1 Å². The molecule has 98 valence electrons. The highest BCUT2D eigenvalue weighted by Gasteiger charge is 2.19. The Morgan fingerprint density at radius 3 is 2.32 bits per heavy atom. The lowest BCUT2D eigenvalue weighted by Gasteiger charge is -2.17. The van der Waals surface area contributed by atoms with Gasteiger partial charge in [0.2, 0.25) is 0 Å². The first-order chi connectivity index (χ1) is 9.17. The highest BCUT2D eigenvalue weighted by Crippen LogP contribution is 2.25. The number of carbonyl (C=O) groups excluding carboxylic acids is 1. The standard InChI is InChI=1S/C13H13N3O3/c1-18-10-3-4-11(12(9-10)19-2)13(17)16(7-5-14)8-6-15/h3-4,9H,7-8H2,1-2H3. The Bertz CT molecular complexity index is 527. The number of nitriles is 2. The van der Waals surface area contributed by atoms with Crippen molar-refractivity contribution in [3.8, 4) is 23.6 Å². The Morgan fingerprint density at radius 2 is 1.84 bits per heavy atom. The van der Waals surface area contributed by atoms with Crippen LogP contribution in [-0.2, 0) is 0 Å². The van der Waals surface area contributed by atoms with Crippen molar-refractivity contribution in [1.29, 1.82) is 10.5 Å². The van der Waals surface area contributed by atoms with Gasteiger partial charge in [-0.05, 0) is 12.1 Å². The van der Waals surface area contributed by atoms with Gasteiger partial charge in [0.05, 0.1) is 31.9 Å². The van der Waals surface area contributed by atoms with E-state index in [0.29, 0.717) is 11.5 Å². The van der Waals surface area contributed by atoms with E-state index in [1.54, 1.807) is 18.2 Å². The lowest BCUT2D eigenvalue weighted by atomic mass is 10.1. The number of benzene rings is 1. The van der Waals surface area contributed by atoms with E-state index in [4.69, 9.17) is 20.0 Å². The van der Waals surface area contributed by atoms with Crippen LogP contribution in [0.1, 0.15) is 10.4 Å². The molecule has 0 fully saturated rings. The van der Waals surface area contributed by atoms with Crippen LogP contribution in [0.15, 0.2) is 18.2 Å². The summed E-state index contributed by atoms with van der Waals surface area (Å²) in [5.41, 5.74) is 0.286. The molecule has 0 radical (unpaired) electrons. The predicted molar refractivity (Wildman–Crippen MR) is 66.7 cm³/mol. The van der Waals surface area contributed by atoms with Crippen molar-refractivity contribution in [2.75, 3.05) is 27.3 Å². The van der Waals surface area contributed by atoms with Crippen LogP contribution in [0.2, 0.25) is 0 Å². The molecule has 0 aromatic heterocycles. The molecule has 0 atom stereocenters. The molecule has 1 aromatic rings. The summed E-state index contributed by atoms with van der Waals surface area (Å²) in [5.74, 6) is 0.466. The number of methoxy groups -OCH3 is 2. The van der Waals surface area contributed by atoms with Gasteiger partial charge in [0, 0.05) is 6.07 Å². The molecule has 19 heavy (non-hydrogen) atoms. The van der Waals surface area contributed by atoms with Crippen molar-refractivity contribution in [2.24, 2.45) is 0 Å². The summed E-state index contributed by atoms with van der Waals surface area (Å²) in [6, 6.07) is 8.44. The normalized spacial score (nSPS) is 9.05. The van der Waals surface area contributed by atoms with Crippen molar-refractivity contribution < 1.29 is 14.3 Å². The number of rotatable bonds is 5. The fraction of sp³-hybridized carbons (Fsp3) is 0.308. The predicted octanol–water partition coefficient (Wildman–Crippen LogP) is 1.19. The van der Waals surface area contributed by atoms with Crippen LogP contribution < -0.4 is 9.47 Å². The Morgan fingerprint density at radius 1 is 1.21 bits per heavy atom. The van der Waals surface area contributed by atoms with Gasteiger partial charge in [0.1, 0.15) is 24.6 Å². The maximum absolute atomic E-state index is 12.2. The summed E-state index contributed by atoms with van der Waals surface area (Å²) < 4.78 is 10.2. The molecular weight excluding hydrogens is 246 g/mol. The minimum Gasteiger partial charge on any atom is -0.497 e. The molecule has 1 aromatic carbocycles. The van der Waals surface area contributed by atoms with Crippen molar-refractivity contribution >= 4 is 5.91 Å². The van der Waals surface area contributed by atoms with Crippen LogP contribution in [0, 0.1) is 22.7 Å². The monoisotopic (exact) mass is 259 g/mol. The van der Waals surface area contributed by atoms with Gasteiger partial charge >= 0.3 is 0 Å². The highest BCUT2D eigenvalue weighted by molar-refractivity contribution is 5.97. The third-order valence-electron chi connectivity index (χ3n) is 2.45. The molecule has 0 N–H and O–H groups in total. The van der Waals surface area contributed by atoms with E-state index >= 15 is 0 Å². The SMILES string of the molecule is COc1ccc(C(=O)N(CC#N)CC#N)c(OC)c1. The van der Waals surface area contributed by atoms with E-state index < -0.39 is 5.91 Å². The minimum atomic E-state index is -0.428. The van der Waals surface area contributed by atoms with Gasteiger partial charge < -0.3 is 14.4 Å². The molecule has 0 aliphatic heterocycles. The van der Waals surface area contributed by atoms with Crippen LogP contribution in [0.25, 0.3) is 0 Å². The Kier molecular flexibility index (Phi) is 5.18. The minimum absolute atomic E-state index is 0.151. The van der Waals surface area contributed by atoms with E-state index in [2.05, 4.69) is 0 Å². The zero-order chi connectivity index (χ0) is 14.3. The average Bonchev–Trinajstić information content (AvgIpc) is 2.45. The zero-order valence-corrected chi connectivity index (χ0v) is 10.7. The van der Waals surface area contributed by atoms with Crippen LogP contribution in [0.4, 0.5) is 0 Å². The van der Waals surface area contributed by atoms with E-state index in [9.17, 15) is 4.79 Å². The molecule has 0 saturated heterocycles. The van der Waals surface area contributed by atoms with Gasteiger partial charge in [0.15, 0.2) is 0 Å². The van der Waals surface area contributed by atoms with Gasteiger partial charge in [0.25, 0.3) is 5.91 Å². The number of amides is 1. The molecule has 1 amide bonds. The molecule has 0 spiro atoms. The van der Waals surface area contributed by atoms with Crippen molar-refractivity contribution in [1.82, 2.24) is 4.90 Å². The van der Waals surface area contributed by atoms with E-state index in [1.807, 2.05) is 12.1 Å². The van der Waals surface area contributed by atoms with Gasteiger partial charge in [-0.2, -0.15) is 10.5 Å². The highest BCUT2D eigenvalue weighted by atomic mass is 16.5. The fourth-order valence-corrected chi connectivity index (χ4v) is 1.52. The summed E-state index contributed by atoms with van der Waals surface area (Å²) in [7, 11) is 2.94. The zero-order valence-electron chi connectivity index (χ0n) is 10.7. The molecule has 6 heteroatoms. The Hall–Kier alpha value is -2.73. The fourth-order valence-electron chi connectivity index (χ4n) is 1.52. The van der Waals surface area contributed by atoms with Crippen LogP contribution >= 0.6 is 0 Å². The third kappa shape index (κ3) is 3.36. The molecule has 0 bridgehead atoms. The number of ether oxygens (including phenoxy) is 2. The summed E-state index contributed by atoms with van der Waals surface area (Å²) in [6.45, 7) is -0.302. The van der Waals surface area contributed by atoms with Crippen molar-refractivity contribution in [3.05, 3.63) is 23.8 Å². The maximum Gasteiger partial charge on any atom is 0.259 e. The summed E-state index contributed by atoms with van der Waals surface area (Å²) in [4.78, 5) is 13.4. The lowest BCUT2D eigenvalue weighted by molar-refractivity contribution is 0.0791. The van der Waals surface area contributed by atoms with Crippen molar-refractivity contribution in [2.45, 2.75) is 0 Å². The molecule has 6 nitrogen and oxygen atoms in total. The molecule has 0 saturated carbocycles. The second-order valence-corrected chi connectivity index (χ2v) is 3.54. The largest absolute Gasteiger partial charge is 0.497 e. The topological polar surface area (TPSA) is 86.4 Å². The summed E-state index contributed by atoms with van der Waals surface area (Å²) in [6.07, 6.45) is 0. The first-order valence-electron chi connectivity index (χ1n) is 5.43. The van der Waals surface area contributed by atoms with Gasteiger partial charge in [-0.3, -0.25) is 4.79 Å². The smallest absolute Gasteiger partial charge is 0.259 e. The van der Waals surface area contributed by atoms with Gasteiger partial charge in [-0.25, -0.2) is 0 Å². The first-order valence-corrected chi connectivity index (χ1v) is 5.43. The Balaban J connectivity index is 3.11. The lowest BCUT2D eigenvalue weighted by Crippen LogP contribution is -2.32.